The Balaban J connectivity index is 2.87. The van der Waals surface area contributed by atoms with Gasteiger partial charge in [-0.05, 0) is 12.1 Å². The third-order valence-corrected chi connectivity index (χ3v) is 2.66. The first-order valence-corrected chi connectivity index (χ1v) is 6.28. The van der Waals surface area contributed by atoms with Gasteiger partial charge in [-0.2, -0.15) is 0 Å². The Morgan fingerprint density at radius 3 is 2.20 bits per heavy atom. The van der Waals surface area contributed by atoms with Gasteiger partial charge < -0.3 is 18.9 Å². The molecule has 0 bridgehead atoms. The lowest BCUT2D eigenvalue weighted by Crippen LogP contribution is -2.01. The smallest absolute Gasteiger partial charge is 0.305 e. The molecule has 110 valence electrons. The van der Waals surface area contributed by atoms with E-state index < -0.39 is 0 Å². The number of benzene rings is 1. The molecule has 5 heteroatoms. The summed E-state index contributed by atoms with van der Waals surface area (Å²) in [7, 11) is 4.72. The van der Waals surface area contributed by atoms with Gasteiger partial charge in [0.2, 0.25) is 0 Å². The maximum absolute atomic E-state index is 11.0. The van der Waals surface area contributed by atoms with Crippen molar-refractivity contribution in [3.8, 4) is 17.2 Å². The number of rotatable bonds is 7. The van der Waals surface area contributed by atoms with Gasteiger partial charge in [-0.3, -0.25) is 4.79 Å². The number of hydrogen-bond acceptors (Lipinski definition) is 5. The van der Waals surface area contributed by atoms with E-state index in [4.69, 9.17) is 18.9 Å². The molecule has 0 spiro atoms. The average Bonchev–Trinajstić information content (AvgIpc) is 2.50. The van der Waals surface area contributed by atoms with E-state index in [1.54, 1.807) is 46.5 Å². The van der Waals surface area contributed by atoms with Crippen LogP contribution in [0.3, 0.4) is 0 Å². The largest absolute Gasteiger partial charge is 0.496 e. The van der Waals surface area contributed by atoms with Crippen molar-refractivity contribution in [1.29, 1.82) is 0 Å². The van der Waals surface area contributed by atoms with Crippen LogP contribution in [0.4, 0.5) is 0 Å². The maximum Gasteiger partial charge on any atom is 0.305 e. The van der Waals surface area contributed by atoms with E-state index in [0.29, 0.717) is 23.7 Å². The van der Waals surface area contributed by atoms with Crippen LogP contribution >= 0.6 is 0 Å². The highest BCUT2D eigenvalue weighted by molar-refractivity contribution is 5.69. The molecule has 5 nitrogen and oxygen atoms in total. The van der Waals surface area contributed by atoms with Crippen molar-refractivity contribution in [2.24, 2.45) is 0 Å². The fourth-order valence-electron chi connectivity index (χ4n) is 1.60. The Bertz CT molecular complexity index is 479. The van der Waals surface area contributed by atoms with Gasteiger partial charge in [0.25, 0.3) is 0 Å². The van der Waals surface area contributed by atoms with Crippen molar-refractivity contribution in [3.63, 3.8) is 0 Å². The zero-order chi connectivity index (χ0) is 15.0. The van der Waals surface area contributed by atoms with Crippen molar-refractivity contribution >= 4 is 12.0 Å². The van der Waals surface area contributed by atoms with Crippen LogP contribution in [0.25, 0.3) is 6.08 Å². The molecule has 0 unspecified atom stereocenters. The molecule has 0 radical (unpaired) electrons. The SMILES string of the molecule is CCC(=O)OC/C=C/c1cc(OC)c(OC)cc1OC. The molecule has 1 aromatic rings. The number of hydrogen-bond donors (Lipinski definition) is 0. The minimum atomic E-state index is -0.228. The van der Waals surface area contributed by atoms with E-state index in [1.165, 1.54) is 0 Å². The highest BCUT2D eigenvalue weighted by Gasteiger charge is 2.09. The average molecular weight is 280 g/mol. The second kappa shape index (κ2) is 8.09. The summed E-state index contributed by atoms with van der Waals surface area (Å²) in [6.45, 7) is 1.98. The molecular weight excluding hydrogens is 260 g/mol. The highest BCUT2D eigenvalue weighted by atomic mass is 16.5. The van der Waals surface area contributed by atoms with Gasteiger partial charge in [-0.25, -0.2) is 0 Å². The van der Waals surface area contributed by atoms with Crippen LogP contribution < -0.4 is 14.2 Å². The van der Waals surface area contributed by atoms with Gasteiger partial charge in [0.15, 0.2) is 11.5 Å². The summed E-state index contributed by atoms with van der Waals surface area (Å²) in [5.74, 6) is 1.63. The van der Waals surface area contributed by atoms with Crippen LogP contribution in [0.15, 0.2) is 18.2 Å². The van der Waals surface area contributed by atoms with Crippen molar-refractivity contribution < 1.29 is 23.7 Å². The Hall–Kier alpha value is -2.17. The third kappa shape index (κ3) is 4.19. The first kappa shape index (κ1) is 15.9. The van der Waals surface area contributed by atoms with Gasteiger partial charge in [0, 0.05) is 18.1 Å². The van der Waals surface area contributed by atoms with Crippen LogP contribution in [0.5, 0.6) is 17.2 Å². The summed E-state index contributed by atoms with van der Waals surface area (Å²) in [4.78, 5) is 11.0. The Kier molecular flexibility index (Phi) is 6.43. The molecule has 0 aliphatic rings. The quantitative estimate of drug-likeness (QED) is 0.719. The number of carbonyl (C=O) groups is 1. The molecule has 0 saturated heterocycles. The molecule has 0 aliphatic carbocycles. The zero-order valence-electron chi connectivity index (χ0n) is 12.3. The van der Waals surface area contributed by atoms with E-state index in [0.717, 1.165) is 5.56 Å². The fourth-order valence-corrected chi connectivity index (χ4v) is 1.60. The summed E-state index contributed by atoms with van der Waals surface area (Å²) in [5, 5.41) is 0. The number of ether oxygens (including phenoxy) is 4. The molecule has 0 saturated carbocycles. The highest BCUT2D eigenvalue weighted by Crippen LogP contribution is 2.35. The molecule has 0 atom stereocenters. The van der Waals surface area contributed by atoms with Crippen LogP contribution in [-0.4, -0.2) is 33.9 Å². The maximum atomic E-state index is 11.0. The Morgan fingerprint density at radius 1 is 1.05 bits per heavy atom. The van der Waals surface area contributed by atoms with E-state index in [9.17, 15) is 4.79 Å². The Morgan fingerprint density at radius 2 is 1.65 bits per heavy atom. The number of esters is 1. The second-order valence-electron chi connectivity index (χ2n) is 3.89. The summed E-state index contributed by atoms with van der Waals surface area (Å²) < 4.78 is 20.7. The van der Waals surface area contributed by atoms with E-state index in [1.807, 2.05) is 6.08 Å². The molecule has 0 aromatic heterocycles. The monoisotopic (exact) mass is 280 g/mol. The van der Waals surface area contributed by atoms with Gasteiger partial charge in [0.05, 0.1) is 21.3 Å². The van der Waals surface area contributed by atoms with Gasteiger partial charge in [-0.15, -0.1) is 0 Å². The van der Waals surface area contributed by atoms with Gasteiger partial charge in [0.1, 0.15) is 12.4 Å². The summed E-state index contributed by atoms with van der Waals surface area (Å²) in [5.41, 5.74) is 0.817. The van der Waals surface area contributed by atoms with Crippen LogP contribution in [-0.2, 0) is 9.53 Å². The molecule has 0 N–H and O–H groups in total. The molecule has 0 aliphatic heterocycles. The van der Waals surface area contributed by atoms with Crippen molar-refractivity contribution in [2.45, 2.75) is 13.3 Å². The predicted octanol–water partition coefficient (Wildman–Crippen LogP) is 2.68. The standard InChI is InChI=1S/C15H20O5/c1-5-15(16)20-8-6-7-11-9-13(18-3)14(19-4)10-12(11)17-2/h6-7,9-10H,5,8H2,1-4H3/b7-6+. The third-order valence-electron chi connectivity index (χ3n) is 2.66. The van der Waals surface area contributed by atoms with E-state index >= 15 is 0 Å². The summed E-state index contributed by atoms with van der Waals surface area (Å²) in [6.07, 6.45) is 3.93. The van der Waals surface area contributed by atoms with E-state index in [-0.39, 0.29) is 12.6 Å². The van der Waals surface area contributed by atoms with Gasteiger partial charge >= 0.3 is 5.97 Å². The Labute approximate surface area is 119 Å². The summed E-state index contributed by atoms with van der Waals surface area (Å²) >= 11 is 0. The molecule has 1 aromatic carbocycles. The molecule has 0 amide bonds. The summed E-state index contributed by atoms with van der Waals surface area (Å²) in [6, 6.07) is 3.55. The second-order valence-corrected chi connectivity index (χ2v) is 3.89. The fraction of sp³-hybridized carbons (Fsp3) is 0.400. The zero-order valence-corrected chi connectivity index (χ0v) is 12.3. The van der Waals surface area contributed by atoms with E-state index in [2.05, 4.69) is 0 Å². The van der Waals surface area contributed by atoms with Crippen molar-refractivity contribution in [3.05, 3.63) is 23.8 Å². The minimum Gasteiger partial charge on any atom is -0.496 e. The lowest BCUT2D eigenvalue weighted by molar-refractivity contribution is -0.141. The lowest BCUT2D eigenvalue weighted by Gasteiger charge is -2.12. The van der Waals surface area contributed by atoms with Crippen molar-refractivity contribution in [2.75, 3.05) is 27.9 Å². The van der Waals surface area contributed by atoms with Gasteiger partial charge in [-0.1, -0.05) is 13.0 Å². The minimum absolute atomic E-state index is 0.226. The normalized spacial score (nSPS) is 10.4. The molecule has 1 rings (SSSR count). The van der Waals surface area contributed by atoms with Crippen molar-refractivity contribution in [1.82, 2.24) is 0 Å². The van der Waals surface area contributed by atoms with Crippen LogP contribution in [0, 0.1) is 0 Å². The number of carbonyl (C=O) groups excluding carboxylic acids is 1. The number of methoxy groups -OCH3 is 3. The first-order chi connectivity index (χ1) is 9.65. The molecule has 20 heavy (non-hydrogen) atoms. The topological polar surface area (TPSA) is 54.0 Å². The molecule has 0 heterocycles. The van der Waals surface area contributed by atoms with Crippen LogP contribution in [0.1, 0.15) is 18.9 Å². The lowest BCUT2D eigenvalue weighted by atomic mass is 10.1. The van der Waals surface area contributed by atoms with Crippen LogP contribution in [0.2, 0.25) is 0 Å². The molecule has 0 fully saturated rings. The first-order valence-electron chi connectivity index (χ1n) is 6.28. The predicted molar refractivity (Wildman–Crippen MR) is 76.4 cm³/mol. The molecular formula is C15H20O5.